The second-order valence-corrected chi connectivity index (χ2v) is 8.55. The maximum Gasteiger partial charge on any atom is 0.244 e. The fourth-order valence-electron chi connectivity index (χ4n) is 4.98. The Balaban J connectivity index is 1.37. The molecule has 1 N–H and O–H groups in total. The normalized spacial score (nSPS) is 12.8. The first-order valence-corrected chi connectivity index (χ1v) is 11.5. The largest absolute Gasteiger partial charge is 0.339 e. The molecule has 0 unspecified atom stereocenters. The lowest BCUT2D eigenvalue weighted by atomic mass is 10.1. The van der Waals surface area contributed by atoms with Crippen LogP contribution in [-0.4, -0.2) is 17.0 Å². The molecule has 0 spiro atoms. The van der Waals surface area contributed by atoms with Gasteiger partial charge in [0, 0.05) is 23.0 Å². The average Bonchev–Trinajstić information content (AvgIpc) is 3.31. The fourth-order valence-corrected chi connectivity index (χ4v) is 4.98. The third-order valence-corrected chi connectivity index (χ3v) is 6.54. The summed E-state index contributed by atoms with van der Waals surface area (Å²) in [6.07, 6.45) is 0.980. The molecule has 4 aromatic carbocycles. The monoisotopic (exact) mass is 445 g/mol. The summed E-state index contributed by atoms with van der Waals surface area (Å²) in [6.45, 7) is 0.980. The van der Waals surface area contributed by atoms with E-state index < -0.39 is 0 Å². The lowest BCUT2D eigenvalue weighted by Crippen LogP contribution is -2.23. The highest BCUT2D eigenvalue weighted by Gasteiger charge is 2.22. The van der Waals surface area contributed by atoms with Crippen molar-refractivity contribution in [2.24, 2.45) is 0 Å². The molecule has 0 aliphatic carbocycles. The number of nitrogens with zero attached hydrogens (tertiary/aromatic N) is 2. The lowest BCUT2D eigenvalue weighted by Gasteiger charge is -2.23. The van der Waals surface area contributed by atoms with Crippen molar-refractivity contribution in [3.05, 3.63) is 113 Å². The third-order valence-electron chi connectivity index (χ3n) is 6.54. The first-order chi connectivity index (χ1) is 16.7. The Labute approximate surface area is 196 Å². The molecule has 0 bridgehead atoms. The van der Waals surface area contributed by atoms with Crippen LogP contribution in [0.15, 0.2) is 102 Å². The van der Waals surface area contributed by atoms with Gasteiger partial charge in [0.2, 0.25) is 5.91 Å². The SMILES string of the molecule is O=C(Cn1c2ccccc2c(=O)c2ccccc21)Nc1ccccc1N1CCc2ccccc21. The molecular formula is C29H23N3O2. The number of fused-ring (bicyclic) bond motifs is 3. The molecule has 5 nitrogen and oxygen atoms in total. The van der Waals surface area contributed by atoms with Gasteiger partial charge in [-0.15, -0.1) is 0 Å². The van der Waals surface area contributed by atoms with Crippen LogP contribution in [0, 0.1) is 0 Å². The fraction of sp³-hybridized carbons (Fsp3) is 0.103. The van der Waals surface area contributed by atoms with Gasteiger partial charge in [-0.2, -0.15) is 0 Å². The van der Waals surface area contributed by atoms with Gasteiger partial charge >= 0.3 is 0 Å². The zero-order valence-electron chi connectivity index (χ0n) is 18.6. The standard InChI is InChI=1S/C29H23N3O2/c33-28(19-32-25-14-6-2-10-21(25)29(34)22-11-3-7-15-26(22)32)30-23-12-4-8-16-27(23)31-18-17-20-9-1-5-13-24(20)31/h1-16H,17-19H2,(H,30,33). The van der Waals surface area contributed by atoms with Crippen molar-refractivity contribution in [2.75, 3.05) is 16.8 Å². The van der Waals surface area contributed by atoms with Crippen molar-refractivity contribution < 1.29 is 4.79 Å². The minimum atomic E-state index is -0.140. The Morgan fingerprint density at radius 3 is 2.06 bits per heavy atom. The van der Waals surface area contributed by atoms with Gasteiger partial charge in [-0.1, -0.05) is 54.6 Å². The summed E-state index contributed by atoms with van der Waals surface area (Å²) >= 11 is 0. The van der Waals surface area contributed by atoms with Gasteiger partial charge in [-0.3, -0.25) is 9.59 Å². The first-order valence-electron chi connectivity index (χ1n) is 11.5. The molecular weight excluding hydrogens is 422 g/mol. The first kappa shape index (κ1) is 20.2. The van der Waals surface area contributed by atoms with Gasteiger partial charge in [-0.25, -0.2) is 0 Å². The van der Waals surface area contributed by atoms with Crippen molar-refractivity contribution in [1.82, 2.24) is 4.57 Å². The molecule has 0 radical (unpaired) electrons. The van der Waals surface area contributed by atoms with E-state index in [9.17, 15) is 9.59 Å². The summed E-state index contributed by atoms with van der Waals surface area (Å²) in [6, 6.07) is 31.2. The van der Waals surface area contributed by atoms with E-state index in [-0.39, 0.29) is 17.9 Å². The third kappa shape index (κ3) is 3.33. The minimum Gasteiger partial charge on any atom is -0.339 e. The van der Waals surface area contributed by atoms with Gasteiger partial charge in [0.25, 0.3) is 0 Å². The molecule has 1 aliphatic heterocycles. The zero-order chi connectivity index (χ0) is 23.1. The number of amides is 1. The van der Waals surface area contributed by atoms with E-state index in [4.69, 9.17) is 0 Å². The second kappa shape index (κ2) is 8.19. The highest BCUT2D eigenvalue weighted by Crippen LogP contribution is 2.38. The quantitative estimate of drug-likeness (QED) is 0.372. The van der Waals surface area contributed by atoms with E-state index in [0.717, 1.165) is 35.4 Å². The van der Waals surface area contributed by atoms with Crippen LogP contribution >= 0.6 is 0 Å². The Kier molecular flexibility index (Phi) is 4.88. The van der Waals surface area contributed by atoms with E-state index in [1.807, 2.05) is 83.4 Å². The topological polar surface area (TPSA) is 54.3 Å². The van der Waals surface area contributed by atoms with Gasteiger partial charge in [0.05, 0.1) is 22.4 Å². The molecule has 6 rings (SSSR count). The average molecular weight is 446 g/mol. The molecule has 0 saturated heterocycles. The van der Waals surface area contributed by atoms with Crippen LogP contribution in [0.25, 0.3) is 21.8 Å². The summed E-state index contributed by atoms with van der Waals surface area (Å²) < 4.78 is 1.93. The molecule has 2 heterocycles. The molecule has 34 heavy (non-hydrogen) atoms. The number of carbonyl (C=O) groups excluding carboxylic acids is 1. The van der Waals surface area contributed by atoms with Crippen LogP contribution in [0.4, 0.5) is 17.1 Å². The molecule has 0 atom stereocenters. The van der Waals surface area contributed by atoms with Crippen molar-refractivity contribution in [2.45, 2.75) is 13.0 Å². The van der Waals surface area contributed by atoms with Crippen molar-refractivity contribution in [3.8, 4) is 0 Å². The molecule has 166 valence electrons. The molecule has 1 amide bonds. The molecule has 5 heteroatoms. The zero-order valence-corrected chi connectivity index (χ0v) is 18.6. The summed E-state index contributed by atoms with van der Waals surface area (Å²) in [5, 5.41) is 4.36. The smallest absolute Gasteiger partial charge is 0.244 e. The number of rotatable bonds is 4. The molecule has 1 aromatic heterocycles. The predicted octanol–water partition coefficient (Wildman–Crippen LogP) is 5.49. The summed E-state index contributed by atoms with van der Waals surface area (Å²) in [5.74, 6) is -0.140. The lowest BCUT2D eigenvalue weighted by molar-refractivity contribution is -0.116. The Hall–Kier alpha value is -4.38. The van der Waals surface area contributed by atoms with E-state index in [1.54, 1.807) is 0 Å². The van der Waals surface area contributed by atoms with Crippen LogP contribution in [0.5, 0.6) is 0 Å². The number of pyridine rings is 1. The number of carbonyl (C=O) groups is 1. The predicted molar refractivity (Wildman–Crippen MR) is 138 cm³/mol. The Morgan fingerprint density at radius 2 is 1.32 bits per heavy atom. The molecule has 1 aliphatic rings. The van der Waals surface area contributed by atoms with Crippen molar-refractivity contribution >= 4 is 44.8 Å². The Bertz CT molecular complexity index is 1560. The van der Waals surface area contributed by atoms with Gasteiger partial charge in [0.1, 0.15) is 6.54 Å². The number of para-hydroxylation sites is 5. The van der Waals surface area contributed by atoms with Gasteiger partial charge in [-0.05, 0) is 54.4 Å². The maximum atomic E-state index is 13.3. The van der Waals surface area contributed by atoms with Crippen LogP contribution in [0.3, 0.4) is 0 Å². The van der Waals surface area contributed by atoms with Gasteiger partial charge in [0.15, 0.2) is 5.43 Å². The van der Waals surface area contributed by atoms with Crippen molar-refractivity contribution in [1.29, 1.82) is 0 Å². The van der Waals surface area contributed by atoms with Crippen molar-refractivity contribution in [3.63, 3.8) is 0 Å². The molecule has 5 aromatic rings. The van der Waals surface area contributed by atoms with Crippen LogP contribution < -0.4 is 15.6 Å². The second-order valence-electron chi connectivity index (χ2n) is 8.55. The van der Waals surface area contributed by atoms with E-state index in [2.05, 4.69) is 28.4 Å². The number of nitrogens with one attached hydrogen (secondary N) is 1. The Morgan fingerprint density at radius 1 is 0.735 bits per heavy atom. The number of hydrogen-bond acceptors (Lipinski definition) is 3. The highest BCUT2D eigenvalue weighted by molar-refractivity contribution is 5.99. The van der Waals surface area contributed by atoms with Crippen LogP contribution in [0.2, 0.25) is 0 Å². The highest BCUT2D eigenvalue weighted by atomic mass is 16.2. The summed E-state index contributed by atoms with van der Waals surface area (Å²) in [4.78, 5) is 28.6. The number of hydrogen-bond donors (Lipinski definition) is 1. The van der Waals surface area contributed by atoms with Crippen LogP contribution in [-0.2, 0) is 17.8 Å². The maximum absolute atomic E-state index is 13.3. The molecule has 0 saturated carbocycles. The van der Waals surface area contributed by atoms with E-state index in [1.165, 1.54) is 11.3 Å². The van der Waals surface area contributed by atoms with Gasteiger partial charge < -0.3 is 14.8 Å². The van der Waals surface area contributed by atoms with Crippen LogP contribution in [0.1, 0.15) is 5.56 Å². The van der Waals surface area contributed by atoms with E-state index >= 15 is 0 Å². The minimum absolute atomic E-state index is 0.0131. The summed E-state index contributed by atoms with van der Waals surface area (Å²) in [5.41, 5.74) is 5.75. The number of aromatic nitrogens is 1. The summed E-state index contributed by atoms with van der Waals surface area (Å²) in [7, 11) is 0. The number of benzene rings is 4. The molecule has 0 fully saturated rings. The number of anilines is 3. The van der Waals surface area contributed by atoms with E-state index in [0.29, 0.717) is 10.8 Å².